The number of nitrogens with one attached hydrogen (secondary N) is 1. The third-order valence-electron chi connectivity index (χ3n) is 2.92. The Morgan fingerprint density at radius 3 is 3.06 bits per heavy atom. The van der Waals surface area contributed by atoms with E-state index < -0.39 is 0 Å². The second-order valence-electron chi connectivity index (χ2n) is 4.18. The van der Waals surface area contributed by atoms with Crippen molar-refractivity contribution in [2.45, 2.75) is 13.0 Å². The fraction of sp³-hybridized carbons (Fsp3) is 0.417. The maximum atomic E-state index is 12.4. The molecule has 0 bridgehead atoms. The lowest BCUT2D eigenvalue weighted by atomic mass is 10.1. The van der Waals surface area contributed by atoms with Crippen molar-refractivity contribution in [2.75, 3.05) is 19.6 Å². The molecule has 0 unspecified atom stereocenters. The Hall–Kier alpha value is -0.580. The quantitative estimate of drug-likeness (QED) is 0.863. The molecule has 0 aromatic heterocycles. The van der Waals surface area contributed by atoms with Crippen LogP contribution in [0.3, 0.4) is 0 Å². The number of carbonyl (C=O) groups is 1. The van der Waals surface area contributed by atoms with Crippen LogP contribution >= 0.6 is 27.5 Å². The average Bonchev–Trinajstić information content (AvgIpc) is 2.32. The molecule has 1 fully saturated rings. The van der Waals surface area contributed by atoms with Gasteiger partial charge in [0.05, 0.1) is 5.56 Å². The molecule has 5 heteroatoms. The van der Waals surface area contributed by atoms with Crippen LogP contribution in [0.1, 0.15) is 17.3 Å². The van der Waals surface area contributed by atoms with Crippen LogP contribution in [0.15, 0.2) is 22.7 Å². The molecule has 92 valence electrons. The molecule has 1 heterocycles. The van der Waals surface area contributed by atoms with Gasteiger partial charge in [0.1, 0.15) is 0 Å². The summed E-state index contributed by atoms with van der Waals surface area (Å²) in [6.45, 7) is 4.46. The minimum atomic E-state index is 0.0355. The number of nitrogens with zero attached hydrogens (tertiary/aromatic N) is 1. The topological polar surface area (TPSA) is 32.3 Å². The van der Waals surface area contributed by atoms with E-state index in [0.29, 0.717) is 10.6 Å². The molecular weight excluding hydrogens is 304 g/mol. The van der Waals surface area contributed by atoms with Gasteiger partial charge in [0.15, 0.2) is 0 Å². The van der Waals surface area contributed by atoms with E-state index in [1.54, 1.807) is 12.1 Å². The van der Waals surface area contributed by atoms with Crippen molar-refractivity contribution in [3.63, 3.8) is 0 Å². The number of hydrogen-bond acceptors (Lipinski definition) is 2. The third kappa shape index (κ3) is 2.81. The number of hydrogen-bond donors (Lipinski definition) is 1. The van der Waals surface area contributed by atoms with Gasteiger partial charge in [-0.25, -0.2) is 0 Å². The van der Waals surface area contributed by atoms with Gasteiger partial charge in [-0.2, -0.15) is 0 Å². The molecule has 1 N–H and O–H groups in total. The largest absolute Gasteiger partial charge is 0.333 e. The molecule has 1 aromatic carbocycles. The van der Waals surface area contributed by atoms with E-state index >= 15 is 0 Å². The molecule has 1 aromatic rings. The van der Waals surface area contributed by atoms with E-state index in [4.69, 9.17) is 11.6 Å². The van der Waals surface area contributed by atoms with Gasteiger partial charge in [0, 0.05) is 35.2 Å². The molecule has 1 amide bonds. The second-order valence-corrected chi connectivity index (χ2v) is 5.47. The standard InChI is InChI=1S/C12H14BrClN2O/c1-8-7-15-4-5-16(8)12(17)10-6-9(14)2-3-11(10)13/h2-3,6,8,15H,4-5,7H2,1H3/t8-/m1/s1. The van der Waals surface area contributed by atoms with Crippen molar-refractivity contribution in [2.24, 2.45) is 0 Å². The molecule has 0 aliphatic carbocycles. The van der Waals surface area contributed by atoms with Gasteiger partial charge in [-0.15, -0.1) is 0 Å². The molecule has 1 saturated heterocycles. The van der Waals surface area contributed by atoms with Crippen LogP contribution in [-0.2, 0) is 0 Å². The summed E-state index contributed by atoms with van der Waals surface area (Å²) in [6.07, 6.45) is 0. The highest BCUT2D eigenvalue weighted by Gasteiger charge is 2.25. The van der Waals surface area contributed by atoms with Crippen molar-refractivity contribution in [3.8, 4) is 0 Å². The lowest BCUT2D eigenvalue weighted by molar-refractivity contribution is 0.0655. The van der Waals surface area contributed by atoms with E-state index in [1.165, 1.54) is 0 Å². The number of rotatable bonds is 1. The van der Waals surface area contributed by atoms with Crippen molar-refractivity contribution in [3.05, 3.63) is 33.3 Å². The fourth-order valence-electron chi connectivity index (χ4n) is 1.96. The first kappa shape index (κ1) is 12.9. The summed E-state index contributed by atoms with van der Waals surface area (Å²) in [7, 11) is 0. The highest BCUT2D eigenvalue weighted by Crippen LogP contribution is 2.23. The number of amides is 1. The second kappa shape index (κ2) is 5.38. The van der Waals surface area contributed by atoms with Crippen LogP contribution in [0.5, 0.6) is 0 Å². The summed E-state index contributed by atoms with van der Waals surface area (Å²) in [4.78, 5) is 14.3. The maximum Gasteiger partial charge on any atom is 0.255 e. The normalized spacial score (nSPS) is 20.4. The highest BCUT2D eigenvalue weighted by atomic mass is 79.9. The van der Waals surface area contributed by atoms with E-state index in [0.717, 1.165) is 24.1 Å². The Labute approximate surface area is 114 Å². The summed E-state index contributed by atoms with van der Waals surface area (Å²) in [5.41, 5.74) is 0.631. The molecule has 3 nitrogen and oxygen atoms in total. The van der Waals surface area contributed by atoms with Crippen LogP contribution < -0.4 is 5.32 Å². The predicted octanol–water partition coefficient (Wildman–Crippen LogP) is 2.54. The first-order valence-corrected chi connectivity index (χ1v) is 6.73. The molecule has 1 atom stereocenters. The zero-order valence-electron chi connectivity index (χ0n) is 9.54. The van der Waals surface area contributed by atoms with E-state index in [-0.39, 0.29) is 11.9 Å². The van der Waals surface area contributed by atoms with E-state index in [9.17, 15) is 4.79 Å². The monoisotopic (exact) mass is 316 g/mol. The Kier molecular flexibility index (Phi) is 4.07. The summed E-state index contributed by atoms with van der Waals surface area (Å²) in [5, 5.41) is 3.85. The molecule has 0 saturated carbocycles. The maximum absolute atomic E-state index is 12.4. The van der Waals surface area contributed by atoms with Crippen LogP contribution in [0.4, 0.5) is 0 Å². The number of benzene rings is 1. The van der Waals surface area contributed by atoms with Crippen molar-refractivity contribution in [1.29, 1.82) is 0 Å². The van der Waals surface area contributed by atoms with Crippen LogP contribution in [0.25, 0.3) is 0 Å². The van der Waals surface area contributed by atoms with Gasteiger partial charge in [-0.1, -0.05) is 11.6 Å². The van der Waals surface area contributed by atoms with Crippen LogP contribution in [0.2, 0.25) is 5.02 Å². The SMILES string of the molecule is C[C@@H]1CNCCN1C(=O)c1cc(Cl)ccc1Br. The van der Waals surface area contributed by atoms with Crippen molar-refractivity contribution < 1.29 is 4.79 Å². The lowest BCUT2D eigenvalue weighted by Crippen LogP contribution is -2.52. The smallest absolute Gasteiger partial charge is 0.255 e. The van der Waals surface area contributed by atoms with E-state index in [2.05, 4.69) is 21.2 Å². The Balaban J connectivity index is 2.26. The van der Waals surface area contributed by atoms with Gasteiger partial charge >= 0.3 is 0 Å². The molecule has 1 aliphatic rings. The molecule has 0 spiro atoms. The molecule has 1 aliphatic heterocycles. The Morgan fingerprint density at radius 1 is 1.59 bits per heavy atom. The van der Waals surface area contributed by atoms with Crippen molar-refractivity contribution >= 4 is 33.4 Å². The highest BCUT2D eigenvalue weighted by molar-refractivity contribution is 9.10. The first-order valence-electron chi connectivity index (χ1n) is 5.56. The first-order chi connectivity index (χ1) is 8.09. The number of carbonyl (C=O) groups excluding carboxylic acids is 1. The fourth-order valence-corrected chi connectivity index (χ4v) is 2.55. The summed E-state index contributed by atoms with van der Waals surface area (Å²) in [6, 6.07) is 5.50. The summed E-state index contributed by atoms with van der Waals surface area (Å²) >= 11 is 9.33. The molecule has 0 radical (unpaired) electrons. The van der Waals surface area contributed by atoms with Gasteiger partial charge in [0.25, 0.3) is 5.91 Å². The average molecular weight is 318 g/mol. The van der Waals surface area contributed by atoms with Gasteiger partial charge < -0.3 is 10.2 Å². The predicted molar refractivity (Wildman–Crippen MR) is 72.5 cm³/mol. The molecule has 2 rings (SSSR count). The van der Waals surface area contributed by atoms with Crippen molar-refractivity contribution in [1.82, 2.24) is 10.2 Å². The van der Waals surface area contributed by atoms with Gasteiger partial charge in [0.2, 0.25) is 0 Å². The summed E-state index contributed by atoms with van der Waals surface area (Å²) in [5.74, 6) is 0.0355. The molecular formula is C12H14BrClN2O. The van der Waals surface area contributed by atoms with Crippen LogP contribution in [-0.4, -0.2) is 36.5 Å². The number of piperazine rings is 1. The minimum absolute atomic E-state index is 0.0355. The molecule has 17 heavy (non-hydrogen) atoms. The van der Waals surface area contributed by atoms with Gasteiger partial charge in [-0.3, -0.25) is 4.79 Å². The minimum Gasteiger partial charge on any atom is -0.333 e. The lowest BCUT2D eigenvalue weighted by Gasteiger charge is -2.34. The van der Waals surface area contributed by atoms with Gasteiger partial charge in [-0.05, 0) is 41.1 Å². The number of halogens is 2. The zero-order chi connectivity index (χ0) is 12.4. The van der Waals surface area contributed by atoms with Crippen LogP contribution in [0, 0.1) is 0 Å². The van der Waals surface area contributed by atoms with E-state index in [1.807, 2.05) is 17.9 Å². The third-order valence-corrected chi connectivity index (χ3v) is 3.85. The Bertz CT molecular complexity index is 439. The summed E-state index contributed by atoms with van der Waals surface area (Å²) < 4.78 is 0.789. The Morgan fingerprint density at radius 2 is 2.35 bits per heavy atom. The zero-order valence-corrected chi connectivity index (χ0v) is 11.9.